The van der Waals surface area contributed by atoms with Crippen LogP contribution in [0.5, 0.6) is 5.75 Å². The summed E-state index contributed by atoms with van der Waals surface area (Å²) >= 11 is 0. The molecular formula is C15H17N3O4S. The number of hydrogen-bond acceptors (Lipinski definition) is 6. The van der Waals surface area contributed by atoms with Crippen LogP contribution in [-0.4, -0.2) is 26.0 Å². The molecule has 0 atom stereocenters. The van der Waals surface area contributed by atoms with Gasteiger partial charge in [-0.2, -0.15) is 0 Å². The molecule has 23 heavy (non-hydrogen) atoms. The van der Waals surface area contributed by atoms with Gasteiger partial charge in [-0.15, -0.1) is 0 Å². The third-order valence-electron chi connectivity index (χ3n) is 3.16. The zero-order valence-electron chi connectivity index (χ0n) is 12.2. The minimum atomic E-state index is -4.05. The Morgan fingerprint density at radius 2 is 1.78 bits per heavy atom. The standard InChI is InChI=1S/C15H17N3O4S/c16-8-7-10-1-4-12(5-2-10)23(21,22)18-15(20)13-9-11(17)3-6-14(13)19/h1-6,9,19H,7-8,16-17H2,(H,18,20). The first-order valence-corrected chi connectivity index (χ1v) is 8.26. The predicted octanol–water partition coefficient (Wildman–Crippen LogP) is 0.594. The zero-order chi connectivity index (χ0) is 17.0. The van der Waals surface area contributed by atoms with E-state index >= 15 is 0 Å². The number of phenolic OH excluding ortho intramolecular Hbond substituents is 1. The molecule has 122 valence electrons. The summed E-state index contributed by atoms with van der Waals surface area (Å²) in [6.45, 7) is 0.456. The lowest BCUT2D eigenvalue weighted by atomic mass is 10.2. The van der Waals surface area contributed by atoms with E-state index in [-0.39, 0.29) is 21.9 Å². The van der Waals surface area contributed by atoms with Crippen LogP contribution in [-0.2, 0) is 16.4 Å². The molecule has 0 aliphatic heterocycles. The van der Waals surface area contributed by atoms with Crippen LogP contribution in [0, 0.1) is 0 Å². The van der Waals surface area contributed by atoms with Crippen LogP contribution in [0.4, 0.5) is 5.69 Å². The van der Waals surface area contributed by atoms with E-state index in [2.05, 4.69) is 0 Å². The fourth-order valence-corrected chi connectivity index (χ4v) is 2.94. The Kier molecular flexibility index (Phi) is 4.87. The highest BCUT2D eigenvalue weighted by molar-refractivity contribution is 7.90. The van der Waals surface area contributed by atoms with Gasteiger partial charge in [0.15, 0.2) is 0 Å². The Hall–Kier alpha value is -2.58. The van der Waals surface area contributed by atoms with Crippen LogP contribution in [0.2, 0.25) is 0 Å². The Labute approximate surface area is 134 Å². The first-order valence-electron chi connectivity index (χ1n) is 6.78. The van der Waals surface area contributed by atoms with Crippen molar-refractivity contribution in [1.82, 2.24) is 4.72 Å². The van der Waals surface area contributed by atoms with E-state index in [0.717, 1.165) is 5.56 Å². The summed E-state index contributed by atoms with van der Waals surface area (Å²) in [6, 6.07) is 9.85. The van der Waals surface area contributed by atoms with Gasteiger partial charge in [0.1, 0.15) is 5.75 Å². The molecule has 7 nitrogen and oxygen atoms in total. The fraction of sp³-hybridized carbons (Fsp3) is 0.133. The number of aromatic hydroxyl groups is 1. The van der Waals surface area contributed by atoms with E-state index in [1.165, 1.54) is 30.3 Å². The van der Waals surface area contributed by atoms with E-state index in [0.29, 0.717) is 13.0 Å². The normalized spacial score (nSPS) is 11.2. The van der Waals surface area contributed by atoms with Crippen LogP contribution < -0.4 is 16.2 Å². The van der Waals surface area contributed by atoms with E-state index in [1.807, 2.05) is 4.72 Å². The van der Waals surface area contributed by atoms with E-state index < -0.39 is 15.9 Å². The molecule has 0 fully saturated rings. The molecule has 0 heterocycles. The van der Waals surface area contributed by atoms with Gasteiger partial charge in [-0.1, -0.05) is 12.1 Å². The minimum absolute atomic E-state index is 0.0602. The molecule has 0 spiro atoms. The van der Waals surface area contributed by atoms with Crippen molar-refractivity contribution in [2.24, 2.45) is 5.73 Å². The number of nitrogen functional groups attached to an aromatic ring is 1. The Morgan fingerprint density at radius 1 is 1.13 bits per heavy atom. The van der Waals surface area contributed by atoms with Crippen LogP contribution in [0.1, 0.15) is 15.9 Å². The highest BCUT2D eigenvalue weighted by atomic mass is 32.2. The molecule has 0 saturated heterocycles. The molecule has 0 aliphatic carbocycles. The average Bonchev–Trinajstić information content (AvgIpc) is 2.50. The Bertz CT molecular complexity index is 817. The number of hydrogen-bond donors (Lipinski definition) is 4. The van der Waals surface area contributed by atoms with Crippen molar-refractivity contribution >= 4 is 21.6 Å². The lowest BCUT2D eigenvalue weighted by Crippen LogP contribution is -2.30. The van der Waals surface area contributed by atoms with Crippen molar-refractivity contribution in [3.63, 3.8) is 0 Å². The molecule has 2 rings (SSSR count). The molecule has 0 aliphatic rings. The van der Waals surface area contributed by atoms with Gasteiger partial charge in [0, 0.05) is 5.69 Å². The summed E-state index contributed by atoms with van der Waals surface area (Å²) in [6.07, 6.45) is 0.629. The van der Waals surface area contributed by atoms with Crippen LogP contribution in [0.3, 0.4) is 0 Å². The molecule has 8 heteroatoms. The van der Waals surface area contributed by atoms with Crippen molar-refractivity contribution in [1.29, 1.82) is 0 Å². The number of nitrogens with two attached hydrogens (primary N) is 2. The number of nitrogens with one attached hydrogen (secondary N) is 1. The summed E-state index contributed by atoms with van der Waals surface area (Å²) in [5, 5.41) is 9.65. The second kappa shape index (κ2) is 6.67. The van der Waals surface area contributed by atoms with Gasteiger partial charge in [0.25, 0.3) is 15.9 Å². The number of rotatable bonds is 5. The van der Waals surface area contributed by atoms with Gasteiger partial charge in [-0.3, -0.25) is 4.79 Å². The summed E-state index contributed by atoms with van der Waals surface area (Å²) in [4.78, 5) is 12.0. The van der Waals surface area contributed by atoms with E-state index in [1.54, 1.807) is 12.1 Å². The molecule has 0 bridgehead atoms. The van der Waals surface area contributed by atoms with Crippen molar-refractivity contribution in [2.45, 2.75) is 11.3 Å². The molecule has 0 saturated carbocycles. The number of carbonyl (C=O) groups is 1. The smallest absolute Gasteiger partial charge is 0.268 e. The van der Waals surface area contributed by atoms with Crippen molar-refractivity contribution in [3.05, 3.63) is 53.6 Å². The maximum atomic E-state index is 12.2. The van der Waals surface area contributed by atoms with Crippen LogP contribution in [0.15, 0.2) is 47.4 Å². The van der Waals surface area contributed by atoms with Gasteiger partial charge in [-0.25, -0.2) is 13.1 Å². The molecule has 0 aromatic heterocycles. The van der Waals surface area contributed by atoms with Crippen LogP contribution >= 0.6 is 0 Å². The number of carbonyl (C=O) groups excluding carboxylic acids is 1. The first kappa shape index (κ1) is 16.8. The number of benzene rings is 2. The second-order valence-electron chi connectivity index (χ2n) is 4.89. The fourth-order valence-electron chi connectivity index (χ4n) is 1.97. The number of sulfonamides is 1. The monoisotopic (exact) mass is 335 g/mol. The largest absolute Gasteiger partial charge is 0.507 e. The first-order chi connectivity index (χ1) is 10.8. The summed E-state index contributed by atoms with van der Waals surface area (Å²) in [5.74, 6) is -1.31. The maximum absolute atomic E-state index is 12.2. The molecule has 0 unspecified atom stereocenters. The quantitative estimate of drug-likeness (QED) is 0.466. The zero-order valence-corrected chi connectivity index (χ0v) is 13.0. The van der Waals surface area contributed by atoms with E-state index in [9.17, 15) is 18.3 Å². The number of anilines is 1. The van der Waals surface area contributed by atoms with Gasteiger partial charge in [0.2, 0.25) is 0 Å². The van der Waals surface area contributed by atoms with Gasteiger partial charge in [-0.05, 0) is 48.9 Å². The molecule has 2 aromatic carbocycles. The lowest BCUT2D eigenvalue weighted by Gasteiger charge is -2.09. The van der Waals surface area contributed by atoms with Crippen molar-refractivity contribution < 1.29 is 18.3 Å². The summed E-state index contributed by atoms with van der Waals surface area (Å²) < 4.78 is 26.3. The van der Waals surface area contributed by atoms with Crippen molar-refractivity contribution in [2.75, 3.05) is 12.3 Å². The van der Waals surface area contributed by atoms with Crippen LogP contribution in [0.25, 0.3) is 0 Å². The van der Waals surface area contributed by atoms with Gasteiger partial charge in [0.05, 0.1) is 10.5 Å². The molecular weight excluding hydrogens is 318 g/mol. The summed E-state index contributed by atoms with van der Waals surface area (Å²) in [5.41, 5.74) is 11.9. The topological polar surface area (TPSA) is 136 Å². The van der Waals surface area contributed by atoms with E-state index in [4.69, 9.17) is 11.5 Å². The second-order valence-corrected chi connectivity index (χ2v) is 6.58. The minimum Gasteiger partial charge on any atom is -0.507 e. The Morgan fingerprint density at radius 3 is 2.39 bits per heavy atom. The predicted molar refractivity (Wildman–Crippen MR) is 86.4 cm³/mol. The third-order valence-corrected chi connectivity index (χ3v) is 4.51. The average molecular weight is 335 g/mol. The van der Waals surface area contributed by atoms with Gasteiger partial charge >= 0.3 is 0 Å². The Balaban J connectivity index is 2.23. The highest BCUT2D eigenvalue weighted by Crippen LogP contribution is 2.20. The SMILES string of the molecule is NCCc1ccc(S(=O)(=O)NC(=O)c2cc(N)ccc2O)cc1. The van der Waals surface area contributed by atoms with Gasteiger partial charge < -0.3 is 16.6 Å². The number of phenols is 1. The lowest BCUT2D eigenvalue weighted by molar-refractivity contribution is 0.0979. The third kappa shape index (κ3) is 3.99. The molecule has 1 amide bonds. The van der Waals surface area contributed by atoms with Crippen molar-refractivity contribution in [3.8, 4) is 5.75 Å². The molecule has 2 aromatic rings. The highest BCUT2D eigenvalue weighted by Gasteiger charge is 2.20. The number of amides is 1. The maximum Gasteiger partial charge on any atom is 0.268 e. The molecule has 6 N–H and O–H groups in total. The molecule has 0 radical (unpaired) electrons. The summed E-state index contributed by atoms with van der Waals surface area (Å²) in [7, 11) is -4.05.